The van der Waals surface area contributed by atoms with E-state index in [0.717, 1.165) is 11.1 Å². The van der Waals surface area contributed by atoms with Gasteiger partial charge in [0.05, 0.1) is 11.6 Å². The molecular weight excluding hydrogens is 390 g/mol. The third kappa shape index (κ3) is 4.27. The van der Waals surface area contributed by atoms with Crippen molar-refractivity contribution in [1.29, 1.82) is 5.26 Å². The van der Waals surface area contributed by atoms with Gasteiger partial charge in [0.1, 0.15) is 5.60 Å². The van der Waals surface area contributed by atoms with Crippen LogP contribution in [0.3, 0.4) is 0 Å². The summed E-state index contributed by atoms with van der Waals surface area (Å²) in [7, 11) is 0. The molecule has 2 aromatic carbocycles. The van der Waals surface area contributed by atoms with E-state index in [4.69, 9.17) is 4.74 Å². The molecule has 0 aliphatic carbocycles. The second-order valence-electron chi connectivity index (χ2n) is 9.22. The Hall–Kier alpha value is -3.33. The van der Waals surface area contributed by atoms with Crippen molar-refractivity contribution in [3.8, 4) is 6.07 Å². The summed E-state index contributed by atoms with van der Waals surface area (Å²) in [6.45, 7) is 7.14. The molecule has 2 amide bonds. The number of nitrogens with zero attached hydrogens (tertiary/aromatic N) is 3. The molecule has 2 aliphatic rings. The largest absolute Gasteiger partial charge is 0.444 e. The SMILES string of the molecule is CC(C)(C)OC(=O)N1CC[C@@H](N2Cc3ccc(C#N)cc3C2=O)[C@@H](c2ccccc2)C1. The Morgan fingerprint density at radius 2 is 1.90 bits per heavy atom. The average Bonchev–Trinajstić information content (AvgIpc) is 3.08. The van der Waals surface area contributed by atoms with Gasteiger partial charge in [-0.2, -0.15) is 5.26 Å². The highest BCUT2D eigenvalue weighted by Gasteiger charge is 2.41. The van der Waals surface area contributed by atoms with Gasteiger partial charge in [0, 0.05) is 37.2 Å². The van der Waals surface area contributed by atoms with E-state index in [0.29, 0.717) is 37.2 Å². The first-order valence-corrected chi connectivity index (χ1v) is 10.6. The van der Waals surface area contributed by atoms with Crippen LogP contribution in [0.1, 0.15) is 60.2 Å². The van der Waals surface area contributed by atoms with E-state index in [1.54, 1.807) is 17.0 Å². The first-order valence-electron chi connectivity index (χ1n) is 10.6. The number of rotatable bonds is 2. The lowest BCUT2D eigenvalue weighted by Crippen LogP contribution is -2.52. The van der Waals surface area contributed by atoms with Gasteiger partial charge in [0.2, 0.25) is 0 Å². The Morgan fingerprint density at radius 1 is 1.16 bits per heavy atom. The number of carbonyl (C=O) groups is 2. The van der Waals surface area contributed by atoms with E-state index in [-0.39, 0.29) is 24.0 Å². The van der Waals surface area contributed by atoms with Crippen molar-refractivity contribution in [2.75, 3.05) is 13.1 Å². The van der Waals surface area contributed by atoms with E-state index < -0.39 is 5.60 Å². The molecule has 4 rings (SSSR count). The number of hydrogen-bond donors (Lipinski definition) is 0. The fourth-order valence-corrected chi connectivity index (χ4v) is 4.49. The third-order valence-electron chi connectivity index (χ3n) is 5.93. The Balaban J connectivity index is 1.61. The summed E-state index contributed by atoms with van der Waals surface area (Å²) in [5, 5.41) is 9.20. The van der Waals surface area contributed by atoms with Crippen LogP contribution in [0, 0.1) is 11.3 Å². The topological polar surface area (TPSA) is 73.6 Å². The van der Waals surface area contributed by atoms with E-state index >= 15 is 0 Å². The van der Waals surface area contributed by atoms with Crippen LogP contribution in [0.4, 0.5) is 4.79 Å². The minimum Gasteiger partial charge on any atom is -0.444 e. The van der Waals surface area contributed by atoms with Crippen molar-refractivity contribution in [2.24, 2.45) is 0 Å². The lowest BCUT2D eigenvalue weighted by molar-refractivity contribution is 0.0109. The van der Waals surface area contributed by atoms with Gasteiger partial charge in [-0.3, -0.25) is 4.79 Å². The van der Waals surface area contributed by atoms with Gasteiger partial charge in [-0.25, -0.2) is 4.79 Å². The number of nitriles is 1. The van der Waals surface area contributed by atoms with Crippen molar-refractivity contribution in [3.63, 3.8) is 0 Å². The van der Waals surface area contributed by atoms with E-state index in [9.17, 15) is 14.9 Å². The van der Waals surface area contributed by atoms with Gasteiger partial charge in [-0.1, -0.05) is 36.4 Å². The van der Waals surface area contributed by atoms with Crippen molar-refractivity contribution in [3.05, 3.63) is 70.8 Å². The summed E-state index contributed by atoms with van der Waals surface area (Å²) >= 11 is 0. The van der Waals surface area contributed by atoms with Crippen LogP contribution in [-0.2, 0) is 11.3 Å². The van der Waals surface area contributed by atoms with Crippen molar-refractivity contribution in [1.82, 2.24) is 9.80 Å². The van der Waals surface area contributed by atoms with Gasteiger partial charge in [-0.05, 0) is 50.5 Å². The lowest BCUT2D eigenvalue weighted by Gasteiger charge is -2.43. The van der Waals surface area contributed by atoms with Crippen LogP contribution in [0.25, 0.3) is 0 Å². The van der Waals surface area contributed by atoms with Gasteiger partial charge in [-0.15, -0.1) is 0 Å². The molecule has 0 aromatic heterocycles. The lowest BCUT2D eigenvalue weighted by atomic mass is 9.85. The number of benzene rings is 2. The highest BCUT2D eigenvalue weighted by Crippen LogP contribution is 2.36. The molecule has 6 nitrogen and oxygen atoms in total. The van der Waals surface area contributed by atoms with Crippen LogP contribution >= 0.6 is 0 Å². The minimum atomic E-state index is -0.554. The maximum Gasteiger partial charge on any atom is 0.410 e. The molecule has 0 spiro atoms. The highest BCUT2D eigenvalue weighted by molar-refractivity contribution is 5.99. The summed E-state index contributed by atoms with van der Waals surface area (Å²) in [4.78, 5) is 29.6. The normalized spacial score (nSPS) is 20.9. The summed E-state index contributed by atoms with van der Waals surface area (Å²) in [6, 6.07) is 17.4. The quantitative estimate of drug-likeness (QED) is 0.730. The Bertz CT molecular complexity index is 1040. The Labute approximate surface area is 183 Å². The highest BCUT2D eigenvalue weighted by atomic mass is 16.6. The number of piperidine rings is 1. The van der Waals surface area contributed by atoms with Crippen molar-refractivity contribution >= 4 is 12.0 Å². The molecule has 2 aliphatic heterocycles. The van der Waals surface area contributed by atoms with Crippen LogP contribution in [0.5, 0.6) is 0 Å². The zero-order valence-corrected chi connectivity index (χ0v) is 18.2. The van der Waals surface area contributed by atoms with Crippen molar-refractivity contribution in [2.45, 2.75) is 51.3 Å². The molecule has 0 saturated carbocycles. The molecular formula is C25H27N3O3. The monoisotopic (exact) mass is 417 g/mol. The average molecular weight is 418 g/mol. The smallest absolute Gasteiger partial charge is 0.410 e. The fraction of sp³-hybridized carbons (Fsp3) is 0.400. The molecule has 2 aromatic rings. The number of ether oxygens (including phenoxy) is 1. The molecule has 2 heterocycles. The Kier molecular flexibility index (Phi) is 5.45. The maximum absolute atomic E-state index is 13.3. The summed E-state index contributed by atoms with van der Waals surface area (Å²) in [5.41, 5.74) is 2.60. The summed E-state index contributed by atoms with van der Waals surface area (Å²) in [5.74, 6) is -0.0556. The summed E-state index contributed by atoms with van der Waals surface area (Å²) in [6.07, 6.45) is 0.352. The first kappa shape index (κ1) is 20.9. The predicted octanol–water partition coefficient (Wildman–Crippen LogP) is 4.31. The molecule has 1 saturated heterocycles. The second kappa shape index (κ2) is 8.07. The molecule has 31 heavy (non-hydrogen) atoms. The zero-order valence-electron chi connectivity index (χ0n) is 18.2. The number of carbonyl (C=O) groups excluding carboxylic acids is 2. The number of hydrogen-bond acceptors (Lipinski definition) is 4. The Morgan fingerprint density at radius 3 is 2.58 bits per heavy atom. The van der Waals surface area contributed by atoms with Crippen LogP contribution in [0.2, 0.25) is 0 Å². The predicted molar refractivity (Wildman–Crippen MR) is 116 cm³/mol. The summed E-state index contributed by atoms with van der Waals surface area (Å²) < 4.78 is 5.60. The van der Waals surface area contributed by atoms with Gasteiger partial charge in [0.25, 0.3) is 5.91 Å². The van der Waals surface area contributed by atoms with Crippen molar-refractivity contribution < 1.29 is 14.3 Å². The zero-order chi connectivity index (χ0) is 22.2. The van der Waals surface area contributed by atoms with E-state index in [1.165, 1.54) is 0 Å². The second-order valence-corrected chi connectivity index (χ2v) is 9.22. The number of amides is 2. The molecule has 0 unspecified atom stereocenters. The van der Waals surface area contributed by atoms with Crippen LogP contribution in [0.15, 0.2) is 48.5 Å². The van der Waals surface area contributed by atoms with Crippen LogP contribution in [-0.4, -0.2) is 46.5 Å². The minimum absolute atomic E-state index is 0.0174. The maximum atomic E-state index is 13.3. The fourth-order valence-electron chi connectivity index (χ4n) is 4.49. The molecule has 0 N–H and O–H groups in total. The molecule has 0 bridgehead atoms. The standard InChI is InChI=1S/C25H27N3O3/c1-25(2,3)31-24(30)27-12-11-22(21(16-27)18-7-5-4-6-8-18)28-15-19-10-9-17(14-26)13-20(19)23(28)29/h4-10,13,21-22H,11-12,15-16H2,1-3H3/t21-,22-/m1/s1. The van der Waals surface area contributed by atoms with Crippen LogP contribution < -0.4 is 0 Å². The van der Waals surface area contributed by atoms with Gasteiger partial charge in [0.15, 0.2) is 0 Å². The molecule has 160 valence electrons. The molecule has 2 atom stereocenters. The number of fused-ring (bicyclic) bond motifs is 1. The van der Waals surface area contributed by atoms with Gasteiger partial charge < -0.3 is 14.5 Å². The molecule has 0 radical (unpaired) electrons. The van der Waals surface area contributed by atoms with E-state index in [2.05, 4.69) is 18.2 Å². The van der Waals surface area contributed by atoms with Gasteiger partial charge >= 0.3 is 6.09 Å². The third-order valence-corrected chi connectivity index (χ3v) is 5.93. The molecule has 6 heteroatoms. The first-order chi connectivity index (χ1) is 14.8. The molecule has 1 fully saturated rings. The van der Waals surface area contributed by atoms with E-state index in [1.807, 2.05) is 49.9 Å². The number of likely N-dealkylation sites (tertiary alicyclic amines) is 1.